The van der Waals surface area contributed by atoms with Gasteiger partial charge in [-0.05, 0) is 18.2 Å². The Morgan fingerprint density at radius 2 is 1.87 bits per heavy atom. The van der Waals surface area contributed by atoms with Crippen molar-refractivity contribution in [3.63, 3.8) is 0 Å². The molecular formula is C17H20N8O4S. The number of hydrogen-bond donors (Lipinski definition) is 3. The summed E-state index contributed by atoms with van der Waals surface area (Å²) in [5, 5.41) is 6.92. The Labute approximate surface area is 175 Å². The van der Waals surface area contributed by atoms with Crippen molar-refractivity contribution in [1.29, 1.82) is 0 Å². The number of primary amides is 1. The lowest BCUT2D eigenvalue weighted by molar-refractivity contribution is -0.117. The third-order valence-corrected chi connectivity index (χ3v) is 5.74. The van der Waals surface area contributed by atoms with Crippen LogP contribution in [0.2, 0.25) is 0 Å². The standard InChI is InChI=1S/C17H20N8O4S/c18-12(26)14(30-17(27)28)25-2-1-10-11(9-7-20-15(19)21-8-9)22-16(23-13(10)25)24-3-5-29-6-4-24/h7-8,14H,1-6H2,(H2,18,26)(H,27,28)(H2,19,20,21). The van der Waals surface area contributed by atoms with Crippen molar-refractivity contribution in [3.05, 3.63) is 18.0 Å². The van der Waals surface area contributed by atoms with Crippen LogP contribution in [0.4, 0.5) is 22.5 Å². The van der Waals surface area contributed by atoms with Crippen LogP contribution in [0.15, 0.2) is 12.4 Å². The van der Waals surface area contributed by atoms with E-state index < -0.39 is 16.6 Å². The predicted octanol–water partition coefficient (Wildman–Crippen LogP) is -0.0625. The zero-order chi connectivity index (χ0) is 21.3. The lowest BCUT2D eigenvalue weighted by atomic mass is 10.1. The molecule has 1 amide bonds. The van der Waals surface area contributed by atoms with Crippen LogP contribution in [0.3, 0.4) is 0 Å². The summed E-state index contributed by atoms with van der Waals surface area (Å²) < 4.78 is 5.41. The predicted molar refractivity (Wildman–Crippen MR) is 110 cm³/mol. The number of carbonyl (C=O) groups excluding carboxylic acids is 1. The molecule has 2 aromatic rings. The fourth-order valence-corrected chi connectivity index (χ4v) is 4.11. The van der Waals surface area contributed by atoms with Gasteiger partial charge in [0.15, 0.2) is 5.37 Å². The second-order valence-corrected chi connectivity index (χ2v) is 7.72. The number of ether oxygens (including phenoxy) is 1. The molecule has 5 N–H and O–H groups in total. The third kappa shape index (κ3) is 3.93. The first kappa shape index (κ1) is 20.1. The highest BCUT2D eigenvalue weighted by Crippen LogP contribution is 2.38. The molecule has 4 rings (SSSR count). The van der Waals surface area contributed by atoms with Crippen LogP contribution in [-0.2, 0) is 16.0 Å². The van der Waals surface area contributed by atoms with E-state index >= 15 is 0 Å². The van der Waals surface area contributed by atoms with Gasteiger partial charge < -0.3 is 31.1 Å². The average molecular weight is 432 g/mol. The Bertz CT molecular complexity index is 967. The van der Waals surface area contributed by atoms with Crippen LogP contribution < -0.4 is 21.3 Å². The van der Waals surface area contributed by atoms with E-state index in [1.54, 1.807) is 17.3 Å². The Kier molecular flexibility index (Phi) is 5.55. The van der Waals surface area contributed by atoms with Gasteiger partial charge in [0.2, 0.25) is 11.9 Å². The van der Waals surface area contributed by atoms with E-state index in [0.717, 1.165) is 5.56 Å². The molecule has 12 nitrogen and oxygen atoms in total. The summed E-state index contributed by atoms with van der Waals surface area (Å²) in [6.07, 6.45) is 3.67. The van der Waals surface area contributed by atoms with Crippen molar-refractivity contribution in [1.82, 2.24) is 19.9 Å². The van der Waals surface area contributed by atoms with Gasteiger partial charge in [0.1, 0.15) is 5.82 Å². The molecule has 158 valence electrons. The number of aromatic nitrogens is 4. The van der Waals surface area contributed by atoms with Crippen LogP contribution in [-0.4, -0.2) is 74.5 Å². The van der Waals surface area contributed by atoms with E-state index in [1.165, 1.54) is 0 Å². The van der Waals surface area contributed by atoms with Gasteiger partial charge in [0.25, 0.3) is 5.91 Å². The summed E-state index contributed by atoms with van der Waals surface area (Å²) in [5.74, 6) is 0.334. The van der Waals surface area contributed by atoms with Crippen LogP contribution in [0.1, 0.15) is 5.56 Å². The molecule has 1 unspecified atom stereocenters. The maximum absolute atomic E-state index is 12.0. The number of fused-ring (bicyclic) bond motifs is 1. The Morgan fingerprint density at radius 3 is 2.50 bits per heavy atom. The molecule has 1 fully saturated rings. The number of carbonyl (C=O) groups is 2. The molecule has 0 radical (unpaired) electrons. The van der Waals surface area contributed by atoms with Gasteiger partial charge in [-0.25, -0.2) is 19.7 Å². The lowest BCUT2D eigenvalue weighted by Crippen LogP contribution is -2.43. The monoisotopic (exact) mass is 432 g/mol. The summed E-state index contributed by atoms with van der Waals surface area (Å²) in [7, 11) is 0. The number of rotatable bonds is 5. The number of hydrogen-bond acceptors (Lipinski definition) is 11. The summed E-state index contributed by atoms with van der Waals surface area (Å²) in [6.45, 7) is 2.69. The van der Waals surface area contributed by atoms with Gasteiger partial charge in [-0.3, -0.25) is 4.79 Å². The second kappa shape index (κ2) is 8.28. The summed E-state index contributed by atoms with van der Waals surface area (Å²) in [6, 6.07) is 0. The van der Waals surface area contributed by atoms with Crippen molar-refractivity contribution in [2.45, 2.75) is 11.8 Å². The fraction of sp³-hybridized carbons (Fsp3) is 0.412. The minimum atomic E-state index is -1.19. The quantitative estimate of drug-likeness (QED) is 0.575. The average Bonchev–Trinajstić information content (AvgIpc) is 3.16. The molecule has 13 heteroatoms. The first-order valence-corrected chi connectivity index (χ1v) is 10.1. The SMILES string of the molecule is NC(=O)C(SC(=O)O)N1CCc2c(-c3cnc(N)nc3)nc(N3CCOCC3)nc21. The van der Waals surface area contributed by atoms with E-state index in [0.29, 0.717) is 74.1 Å². The zero-order valence-electron chi connectivity index (χ0n) is 15.9. The van der Waals surface area contributed by atoms with Gasteiger partial charge in [0, 0.05) is 43.2 Å². The first-order chi connectivity index (χ1) is 14.4. The molecular weight excluding hydrogens is 412 g/mol. The molecule has 4 heterocycles. The number of amides is 1. The highest BCUT2D eigenvalue weighted by atomic mass is 32.2. The van der Waals surface area contributed by atoms with E-state index in [9.17, 15) is 14.7 Å². The highest BCUT2D eigenvalue weighted by molar-refractivity contribution is 8.14. The molecule has 2 aliphatic heterocycles. The Hall–Kier alpha value is -3.19. The Balaban J connectivity index is 1.82. The van der Waals surface area contributed by atoms with Crippen molar-refractivity contribution >= 4 is 40.7 Å². The number of morpholine rings is 1. The van der Waals surface area contributed by atoms with Crippen molar-refractivity contribution in [2.75, 3.05) is 48.4 Å². The van der Waals surface area contributed by atoms with Gasteiger partial charge in [-0.1, -0.05) is 0 Å². The van der Waals surface area contributed by atoms with E-state index in [1.807, 2.05) is 4.90 Å². The number of nitrogens with two attached hydrogens (primary N) is 2. The summed E-state index contributed by atoms with van der Waals surface area (Å²) in [4.78, 5) is 44.4. The molecule has 0 bridgehead atoms. The molecule has 0 aliphatic carbocycles. The summed E-state index contributed by atoms with van der Waals surface area (Å²) in [5.41, 5.74) is 13.2. The number of carboxylic acid groups (broad SMARTS) is 1. The van der Waals surface area contributed by atoms with E-state index in [2.05, 4.69) is 15.0 Å². The fourth-order valence-electron chi connectivity index (χ4n) is 3.47. The van der Waals surface area contributed by atoms with Gasteiger partial charge in [-0.15, -0.1) is 0 Å². The van der Waals surface area contributed by atoms with Gasteiger partial charge >= 0.3 is 5.30 Å². The maximum atomic E-state index is 12.0. The number of anilines is 3. The molecule has 1 saturated heterocycles. The molecule has 2 aromatic heterocycles. The number of thioether (sulfide) groups is 1. The van der Waals surface area contributed by atoms with Crippen molar-refractivity contribution in [3.8, 4) is 11.3 Å². The molecule has 1 atom stereocenters. The molecule has 0 saturated carbocycles. The first-order valence-electron chi connectivity index (χ1n) is 9.21. The van der Waals surface area contributed by atoms with Gasteiger partial charge in [0.05, 0.1) is 18.9 Å². The van der Waals surface area contributed by atoms with Crippen LogP contribution >= 0.6 is 11.8 Å². The summed E-state index contributed by atoms with van der Waals surface area (Å²) >= 11 is 0.446. The number of nitrogen functional groups attached to an aromatic ring is 1. The number of nitrogens with zero attached hydrogens (tertiary/aromatic N) is 6. The minimum absolute atomic E-state index is 0.145. The van der Waals surface area contributed by atoms with E-state index in [-0.39, 0.29) is 5.95 Å². The molecule has 30 heavy (non-hydrogen) atoms. The maximum Gasteiger partial charge on any atom is 0.367 e. The van der Waals surface area contributed by atoms with Gasteiger partial charge in [-0.2, -0.15) is 4.98 Å². The normalized spacial score (nSPS) is 16.9. The molecule has 0 spiro atoms. The third-order valence-electron chi connectivity index (χ3n) is 4.83. The van der Waals surface area contributed by atoms with Crippen molar-refractivity contribution in [2.24, 2.45) is 5.73 Å². The lowest BCUT2D eigenvalue weighted by Gasteiger charge is -2.29. The Morgan fingerprint density at radius 1 is 1.17 bits per heavy atom. The topological polar surface area (TPSA) is 174 Å². The minimum Gasteiger partial charge on any atom is -0.473 e. The van der Waals surface area contributed by atoms with Crippen LogP contribution in [0.5, 0.6) is 0 Å². The highest BCUT2D eigenvalue weighted by Gasteiger charge is 2.36. The smallest absolute Gasteiger partial charge is 0.367 e. The second-order valence-electron chi connectivity index (χ2n) is 6.69. The zero-order valence-corrected chi connectivity index (χ0v) is 16.7. The van der Waals surface area contributed by atoms with Crippen LogP contribution in [0.25, 0.3) is 11.3 Å². The van der Waals surface area contributed by atoms with Crippen LogP contribution in [0, 0.1) is 0 Å². The molecule has 0 aromatic carbocycles. The van der Waals surface area contributed by atoms with E-state index in [4.69, 9.17) is 21.2 Å². The molecule has 2 aliphatic rings. The largest absolute Gasteiger partial charge is 0.473 e. The van der Waals surface area contributed by atoms with Crippen molar-refractivity contribution < 1.29 is 19.4 Å².